The molecule has 2 aliphatic heterocycles. The second kappa shape index (κ2) is 7.35. The summed E-state index contributed by atoms with van der Waals surface area (Å²) in [6, 6.07) is 12.8. The second-order valence-corrected chi connectivity index (χ2v) is 6.56. The molecule has 11 heteroatoms. The Bertz CT molecular complexity index is 1020. The first-order chi connectivity index (χ1) is 14.4. The summed E-state index contributed by atoms with van der Waals surface area (Å²) >= 11 is 0. The normalized spacial score (nSPS) is 19.3. The highest BCUT2D eigenvalue weighted by Crippen LogP contribution is 2.34. The van der Waals surface area contributed by atoms with E-state index in [-0.39, 0.29) is 24.0 Å². The van der Waals surface area contributed by atoms with Crippen LogP contribution in [0.15, 0.2) is 60.3 Å². The number of hydrogen-bond acceptors (Lipinski definition) is 9. The third-order valence-corrected chi connectivity index (χ3v) is 4.80. The Hall–Kier alpha value is -4.15. The van der Waals surface area contributed by atoms with Crippen LogP contribution < -0.4 is 20.9 Å². The molecule has 0 radical (unpaired) electrons. The highest BCUT2D eigenvalue weighted by Gasteiger charge is 2.43. The molecule has 0 bridgehead atoms. The van der Waals surface area contributed by atoms with Crippen LogP contribution in [-0.4, -0.2) is 40.8 Å². The number of nitro groups is 1. The lowest BCUT2D eigenvalue weighted by atomic mass is 10.1. The lowest BCUT2D eigenvalue weighted by molar-refractivity contribution is -0.384. The predicted octanol–water partition coefficient (Wildman–Crippen LogP) is 1.14. The van der Waals surface area contributed by atoms with Crippen molar-refractivity contribution in [1.82, 2.24) is 15.4 Å². The Morgan fingerprint density at radius 2 is 1.90 bits per heavy atom. The van der Waals surface area contributed by atoms with Gasteiger partial charge in [0.15, 0.2) is 5.82 Å². The number of benzene rings is 2. The van der Waals surface area contributed by atoms with Crippen molar-refractivity contribution in [3.8, 4) is 0 Å². The number of hydrogen-bond donors (Lipinski definition) is 2. The van der Waals surface area contributed by atoms with E-state index in [0.717, 1.165) is 0 Å². The number of nitro benzene ring substituents is 1. The fraction of sp³-hybridized carbons (Fsp3) is 0.211. The Morgan fingerprint density at radius 1 is 1.20 bits per heavy atom. The average molecular weight is 411 g/mol. The van der Waals surface area contributed by atoms with Gasteiger partial charge in [0, 0.05) is 19.2 Å². The number of nitrogens with zero attached hydrogens (tertiary/aromatic N) is 4. The van der Waals surface area contributed by atoms with E-state index in [2.05, 4.69) is 10.7 Å². The van der Waals surface area contributed by atoms with Gasteiger partial charge in [-0.25, -0.2) is 15.0 Å². The van der Waals surface area contributed by atoms with Gasteiger partial charge in [-0.3, -0.25) is 20.3 Å². The third kappa shape index (κ3) is 3.05. The number of hydrazine groups is 2. The van der Waals surface area contributed by atoms with Gasteiger partial charge in [-0.2, -0.15) is 0 Å². The summed E-state index contributed by atoms with van der Waals surface area (Å²) in [6.45, 7) is 1.84. The maximum absolute atomic E-state index is 13.0. The van der Waals surface area contributed by atoms with E-state index in [9.17, 15) is 20.0 Å². The van der Waals surface area contributed by atoms with Crippen molar-refractivity contribution in [3.05, 3.63) is 76.0 Å². The quantitative estimate of drug-likeness (QED) is 0.433. The van der Waals surface area contributed by atoms with Gasteiger partial charge in [0.1, 0.15) is 0 Å². The van der Waals surface area contributed by atoms with Crippen LogP contribution in [0, 0.1) is 10.1 Å². The maximum Gasteiger partial charge on any atom is 0.274 e. The molecule has 0 aliphatic carbocycles. The van der Waals surface area contributed by atoms with Gasteiger partial charge in [0.2, 0.25) is 6.29 Å². The fourth-order valence-corrected chi connectivity index (χ4v) is 3.38. The van der Waals surface area contributed by atoms with E-state index in [0.29, 0.717) is 16.9 Å². The van der Waals surface area contributed by atoms with E-state index in [1.165, 1.54) is 22.2 Å². The van der Waals surface area contributed by atoms with Crippen molar-refractivity contribution < 1.29 is 19.6 Å². The summed E-state index contributed by atoms with van der Waals surface area (Å²) in [7, 11) is 1.55. The molecule has 2 aliphatic rings. The van der Waals surface area contributed by atoms with Gasteiger partial charge in [0.25, 0.3) is 11.6 Å². The molecule has 2 aromatic carbocycles. The lowest BCUT2D eigenvalue weighted by Crippen LogP contribution is -2.51. The highest BCUT2D eigenvalue weighted by molar-refractivity contribution is 6.00. The Labute approximate surface area is 171 Å². The number of amides is 1. The number of carbonyl (C=O) groups is 1. The second-order valence-electron chi connectivity index (χ2n) is 6.56. The molecule has 0 spiro atoms. The molecule has 2 N–H and O–H groups in total. The van der Waals surface area contributed by atoms with Crippen LogP contribution in [-0.2, 0) is 4.74 Å². The molecule has 1 saturated heterocycles. The summed E-state index contributed by atoms with van der Waals surface area (Å²) in [5.41, 5.74) is 4.48. The van der Waals surface area contributed by atoms with E-state index in [4.69, 9.17) is 4.74 Å². The molecule has 2 aromatic rings. The molecule has 0 aromatic heterocycles. The fourth-order valence-electron chi connectivity index (χ4n) is 3.38. The summed E-state index contributed by atoms with van der Waals surface area (Å²) in [5.74, 6) is -0.912. The van der Waals surface area contributed by atoms with Gasteiger partial charge >= 0.3 is 0 Å². The average Bonchev–Trinajstić information content (AvgIpc) is 3.07. The minimum atomic E-state index is -0.719. The van der Waals surface area contributed by atoms with Crippen LogP contribution in [0.5, 0.6) is 0 Å². The standard InChI is InChI=1S/C19H20N6O5/c1-3-30-18(27)16-21-23(12-8-10-13(11-9-12)25(28)29)19-20-15-7-5-4-6-14(15)17(26)22(2)24(16)19/h4-11,19-21,27H,3H2,1-2H3/p-1/t19-/m0/s1. The molecule has 2 heterocycles. The number of anilines is 2. The van der Waals surface area contributed by atoms with Crippen LogP contribution >= 0.6 is 0 Å². The van der Waals surface area contributed by atoms with Crippen LogP contribution in [0.3, 0.4) is 0 Å². The van der Waals surface area contributed by atoms with Crippen LogP contribution in [0.1, 0.15) is 17.3 Å². The number of carbonyl (C=O) groups excluding carboxylic acids is 1. The van der Waals surface area contributed by atoms with E-state index in [1.807, 2.05) is 0 Å². The Morgan fingerprint density at radius 3 is 2.57 bits per heavy atom. The van der Waals surface area contributed by atoms with Gasteiger partial charge in [-0.15, -0.1) is 0 Å². The van der Waals surface area contributed by atoms with Crippen molar-refractivity contribution in [2.75, 3.05) is 24.0 Å². The van der Waals surface area contributed by atoms with Crippen molar-refractivity contribution >= 4 is 23.0 Å². The number of rotatable bonds is 4. The van der Waals surface area contributed by atoms with Gasteiger partial charge in [-0.1, -0.05) is 19.1 Å². The molecule has 156 valence electrons. The lowest BCUT2D eigenvalue weighted by Gasteiger charge is -2.34. The summed E-state index contributed by atoms with van der Waals surface area (Å²) < 4.78 is 5.15. The first-order valence-corrected chi connectivity index (χ1v) is 9.19. The van der Waals surface area contributed by atoms with E-state index >= 15 is 0 Å². The first kappa shape index (κ1) is 19.2. The van der Waals surface area contributed by atoms with Crippen molar-refractivity contribution in [3.63, 3.8) is 0 Å². The zero-order valence-corrected chi connectivity index (χ0v) is 16.2. The van der Waals surface area contributed by atoms with E-state index < -0.39 is 17.2 Å². The third-order valence-electron chi connectivity index (χ3n) is 4.80. The smallest absolute Gasteiger partial charge is 0.274 e. The predicted molar refractivity (Wildman–Crippen MR) is 105 cm³/mol. The monoisotopic (exact) mass is 411 g/mol. The Kier molecular flexibility index (Phi) is 4.70. The topological polar surface area (TPSA) is 126 Å². The van der Waals surface area contributed by atoms with Crippen molar-refractivity contribution in [2.24, 2.45) is 0 Å². The zero-order valence-electron chi connectivity index (χ0n) is 16.2. The number of para-hydroxylation sites is 1. The molecular weight excluding hydrogens is 392 g/mol. The van der Waals surface area contributed by atoms with Crippen LogP contribution in [0.2, 0.25) is 0 Å². The number of fused-ring (bicyclic) bond motifs is 2. The minimum Gasteiger partial charge on any atom is -0.611 e. The highest BCUT2D eigenvalue weighted by atomic mass is 16.6. The first-order valence-electron chi connectivity index (χ1n) is 9.19. The summed E-state index contributed by atoms with van der Waals surface area (Å²) in [6.07, 6.45) is -0.719. The van der Waals surface area contributed by atoms with Gasteiger partial charge in [0.05, 0.1) is 27.8 Å². The van der Waals surface area contributed by atoms with E-state index in [1.54, 1.807) is 55.4 Å². The van der Waals surface area contributed by atoms with Crippen LogP contribution in [0.4, 0.5) is 17.1 Å². The van der Waals surface area contributed by atoms with Crippen molar-refractivity contribution in [1.29, 1.82) is 0 Å². The minimum absolute atomic E-state index is 0.0383. The largest absolute Gasteiger partial charge is 0.611 e. The van der Waals surface area contributed by atoms with Gasteiger partial charge in [-0.05, 0) is 30.9 Å². The molecule has 11 nitrogen and oxygen atoms in total. The number of nitrogens with one attached hydrogen (secondary N) is 2. The van der Waals surface area contributed by atoms with Crippen molar-refractivity contribution in [2.45, 2.75) is 13.2 Å². The maximum atomic E-state index is 13.0. The molecule has 4 rings (SSSR count). The summed E-state index contributed by atoms with van der Waals surface area (Å²) in [4.78, 5) is 23.5. The number of non-ortho nitro benzene ring substituents is 1. The number of ether oxygens (including phenoxy) is 1. The zero-order chi connectivity index (χ0) is 21.4. The molecule has 1 fully saturated rings. The molecular formula is C19H19N6O5-. The molecule has 30 heavy (non-hydrogen) atoms. The molecule has 0 unspecified atom stereocenters. The summed E-state index contributed by atoms with van der Waals surface area (Å²) in [5, 5.41) is 31.2. The molecule has 1 amide bonds. The Balaban J connectivity index is 1.82. The molecule has 1 atom stereocenters. The van der Waals surface area contributed by atoms with Gasteiger partial charge < -0.3 is 15.2 Å². The van der Waals surface area contributed by atoms with Crippen LogP contribution in [0.25, 0.3) is 0 Å². The SMILES string of the molecule is CCOC([O-])=C1NN(c2ccc([N+](=O)[O-])cc2)[C@@H]2Nc3ccccc3C(=O)N(C)N12. The molecule has 0 saturated carbocycles.